The number of nitrogens with zero attached hydrogens (tertiary/aromatic N) is 2. The van der Waals surface area contributed by atoms with Crippen LogP contribution in [0.2, 0.25) is 0 Å². The molecule has 1 atom stereocenters. The maximum Gasteiger partial charge on any atom is 0.331 e. The average Bonchev–Trinajstić information content (AvgIpc) is 2.74. The number of esters is 1. The van der Waals surface area contributed by atoms with Gasteiger partial charge >= 0.3 is 5.97 Å². The smallest absolute Gasteiger partial charge is 0.331 e. The topological polar surface area (TPSA) is 63.0 Å². The van der Waals surface area contributed by atoms with E-state index in [0.29, 0.717) is 12.2 Å². The lowest BCUT2D eigenvalue weighted by Crippen LogP contribution is -2.29. The van der Waals surface area contributed by atoms with Crippen LogP contribution in [0.5, 0.6) is 5.75 Å². The van der Waals surface area contributed by atoms with E-state index in [-0.39, 0.29) is 0 Å². The number of hydrogen-bond donors (Lipinski definition) is 0. The number of aromatic nitrogens is 1. The van der Waals surface area contributed by atoms with E-state index in [1.807, 2.05) is 30.5 Å². The predicted octanol–water partition coefficient (Wildman–Crippen LogP) is 6.11. The fourth-order valence-electron chi connectivity index (χ4n) is 2.86. The highest BCUT2D eigenvalue weighted by atomic mass is 16.5. The summed E-state index contributed by atoms with van der Waals surface area (Å²) in [5.74, 6) is -0.0842. The van der Waals surface area contributed by atoms with Crippen molar-refractivity contribution in [1.82, 2.24) is 4.98 Å². The summed E-state index contributed by atoms with van der Waals surface area (Å²) in [7, 11) is 0. The summed E-state index contributed by atoms with van der Waals surface area (Å²) < 4.78 is 5.36. The van der Waals surface area contributed by atoms with Crippen molar-refractivity contribution < 1.29 is 9.53 Å². The molecule has 0 saturated heterocycles. The van der Waals surface area contributed by atoms with Crippen molar-refractivity contribution in [2.24, 2.45) is 5.41 Å². The molecule has 1 aromatic carbocycles. The van der Waals surface area contributed by atoms with Crippen molar-refractivity contribution in [3.8, 4) is 23.1 Å². The molecule has 0 aliphatic rings. The molecular weight excluding hydrogens is 348 g/mol. The Kier molecular flexibility index (Phi) is 8.19. The van der Waals surface area contributed by atoms with E-state index in [1.165, 1.54) is 37.7 Å². The summed E-state index contributed by atoms with van der Waals surface area (Å²) in [5.41, 5.74) is 2.00. The van der Waals surface area contributed by atoms with Gasteiger partial charge in [-0.3, -0.25) is 4.98 Å². The fourth-order valence-corrected chi connectivity index (χ4v) is 2.86. The predicted molar refractivity (Wildman–Crippen MR) is 112 cm³/mol. The van der Waals surface area contributed by atoms with Gasteiger partial charge in [-0.05, 0) is 62.1 Å². The zero-order valence-corrected chi connectivity index (χ0v) is 17.2. The van der Waals surface area contributed by atoms with Gasteiger partial charge in [0.05, 0.1) is 11.8 Å². The number of carbonyl (C=O) groups excluding carboxylic acids is 1. The number of carbonyl (C=O) groups is 1. The molecule has 4 heteroatoms. The van der Waals surface area contributed by atoms with Crippen molar-refractivity contribution >= 4 is 5.97 Å². The van der Waals surface area contributed by atoms with Gasteiger partial charge in [0.25, 0.3) is 0 Å². The second-order valence-corrected chi connectivity index (χ2v) is 7.43. The molecule has 0 fully saturated rings. The van der Waals surface area contributed by atoms with Crippen molar-refractivity contribution in [1.29, 1.82) is 5.26 Å². The van der Waals surface area contributed by atoms with Crippen LogP contribution in [0.3, 0.4) is 0 Å². The third-order valence-electron chi connectivity index (χ3n) is 5.16. The SMILES string of the molecule is CCCCCCCc1ccc(-c2ccc(OC(=O)C(C)(C#N)CC)cc2)nc1. The van der Waals surface area contributed by atoms with E-state index in [4.69, 9.17) is 4.74 Å². The van der Waals surface area contributed by atoms with E-state index < -0.39 is 11.4 Å². The summed E-state index contributed by atoms with van der Waals surface area (Å²) in [4.78, 5) is 16.7. The molecule has 0 amide bonds. The van der Waals surface area contributed by atoms with Crippen LogP contribution in [0.15, 0.2) is 42.6 Å². The molecule has 0 spiro atoms. The summed E-state index contributed by atoms with van der Waals surface area (Å²) in [6.45, 7) is 5.63. The number of ether oxygens (including phenoxy) is 1. The molecule has 4 nitrogen and oxygen atoms in total. The van der Waals surface area contributed by atoms with Crippen LogP contribution >= 0.6 is 0 Å². The molecule has 0 aliphatic carbocycles. The maximum atomic E-state index is 12.2. The Labute approximate surface area is 168 Å². The monoisotopic (exact) mass is 378 g/mol. The summed E-state index contributed by atoms with van der Waals surface area (Å²) in [6, 6.07) is 13.4. The summed E-state index contributed by atoms with van der Waals surface area (Å²) >= 11 is 0. The van der Waals surface area contributed by atoms with Crippen LogP contribution in [0.25, 0.3) is 11.3 Å². The largest absolute Gasteiger partial charge is 0.425 e. The average molecular weight is 379 g/mol. The van der Waals surface area contributed by atoms with Gasteiger partial charge in [0.15, 0.2) is 5.41 Å². The number of benzene rings is 1. The maximum absolute atomic E-state index is 12.2. The van der Waals surface area contributed by atoms with Gasteiger partial charge in [-0.2, -0.15) is 5.26 Å². The standard InChI is InChI=1S/C24H30N2O2/c1-4-6-7-8-9-10-19-11-16-22(26-17-19)20-12-14-21(15-13-20)28-23(27)24(3,5-2)18-25/h11-17H,4-10H2,1-3H3. The normalized spacial score (nSPS) is 12.8. The Balaban J connectivity index is 1.94. The van der Waals surface area contributed by atoms with Crippen molar-refractivity contribution in [3.63, 3.8) is 0 Å². The Bertz CT molecular complexity index is 791. The summed E-state index contributed by atoms with van der Waals surface area (Å²) in [5, 5.41) is 9.18. The minimum absolute atomic E-state index is 0.412. The zero-order chi connectivity index (χ0) is 20.4. The third-order valence-corrected chi connectivity index (χ3v) is 5.16. The lowest BCUT2D eigenvalue weighted by atomic mass is 9.90. The van der Waals surface area contributed by atoms with Gasteiger partial charge in [0.2, 0.25) is 0 Å². The molecule has 28 heavy (non-hydrogen) atoms. The quantitative estimate of drug-likeness (QED) is 0.284. The van der Waals surface area contributed by atoms with Gasteiger partial charge < -0.3 is 4.74 Å². The van der Waals surface area contributed by atoms with Crippen LogP contribution < -0.4 is 4.74 Å². The fraction of sp³-hybridized carbons (Fsp3) is 0.458. The van der Waals surface area contributed by atoms with Crippen LogP contribution in [0.4, 0.5) is 0 Å². The molecule has 2 aromatic rings. The molecule has 1 unspecified atom stereocenters. The van der Waals surface area contributed by atoms with E-state index in [2.05, 4.69) is 18.0 Å². The lowest BCUT2D eigenvalue weighted by Gasteiger charge is -2.17. The Morgan fingerprint density at radius 3 is 2.36 bits per heavy atom. The lowest BCUT2D eigenvalue weighted by molar-refractivity contribution is -0.141. The molecule has 0 saturated carbocycles. The van der Waals surface area contributed by atoms with Crippen molar-refractivity contribution in [3.05, 3.63) is 48.2 Å². The Morgan fingerprint density at radius 1 is 1.07 bits per heavy atom. The first-order valence-corrected chi connectivity index (χ1v) is 10.2. The van der Waals surface area contributed by atoms with Gasteiger partial charge in [0.1, 0.15) is 5.75 Å². The minimum Gasteiger partial charge on any atom is -0.425 e. The number of hydrogen-bond acceptors (Lipinski definition) is 4. The minimum atomic E-state index is -1.12. The molecule has 1 heterocycles. The Morgan fingerprint density at radius 2 is 1.79 bits per heavy atom. The van der Waals surface area contributed by atoms with Gasteiger partial charge in [0, 0.05) is 11.8 Å². The molecule has 0 aliphatic heterocycles. The van der Waals surface area contributed by atoms with Crippen LogP contribution in [-0.4, -0.2) is 11.0 Å². The number of pyridine rings is 1. The molecule has 0 N–H and O–H groups in total. The van der Waals surface area contributed by atoms with Gasteiger partial charge in [-0.15, -0.1) is 0 Å². The highest BCUT2D eigenvalue weighted by molar-refractivity contribution is 5.81. The molecule has 0 bridgehead atoms. The summed E-state index contributed by atoms with van der Waals surface area (Å²) in [6.07, 6.45) is 9.81. The van der Waals surface area contributed by atoms with E-state index in [0.717, 1.165) is 17.7 Å². The molecule has 1 aromatic heterocycles. The third kappa shape index (κ3) is 5.92. The van der Waals surface area contributed by atoms with E-state index >= 15 is 0 Å². The number of nitriles is 1. The van der Waals surface area contributed by atoms with E-state index in [1.54, 1.807) is 26.0 Å². The first kappa shape index (κ1) is 21.6. The van der Waals surface area contributed by atoms with Crippen LogP contribution in [0, 0.1) is 16.7 Å². The highest BCUT2D eigenvalue weighted by Crippen LogP contribution is 2.26. The molecule has 0 radical (unpaired) electrons. The second-order valence-electron chi connectivity index (χ2n) is 7.43. The first-order chi connectivity index (χ1) is 13.5. The molecular formula is C24H30N2O2. The van der Waals surface area contributed by atoms with Crippen molar-refractivity contribution in [2.45, 2.75) is 65.7 Å². The highest BCUT2D eigenvalue weighted by Gasteiger charge is 2.33. The molecule has 2 rings (SSSR count). The second kappa shape index (κ2) is 10.6. The van der Waals surface area contributed by atoms with Crippen molar-refractivity contribution in [2.75, 3.05) is 0 Å². The molecule has 148 valence electrons. The number of aryl methyl sites for hydroxylation is 1. The van der Waals surface area contributed by atoms with Crippen LogP contribution in [0.1, 0.15) is 64.9 Å². The van der Waals surface area contributed by atoms with Gasteiger partial charge in [-0.25, -0.2) is 4.79 Å². The number of unbranched alkanes of at least 4 members (excludes halogenated alkanes) is 4. The van der Waals surface area contributed by atoms with Crippen LogP contribution in [-0.2, 0) is 11.2 Å². The van der Waals surface area contributed by atoms with E-state index in [9.17, 15) is 10.1 Å². The zero-order valence-electron chi connectivity index (χ0n) is 17.2. The van der Waals surface area contributed by atoms with Gasteiger partial charge in [-0.1, -0.05) is 45.6 Å². The Hall–Kier alpha value is -2.67. The number of rotatable bonds is 10. The first-order valence-electron chi connectivity index (χ1n) is 10.2.